The highest BCUT2D eigenvalue weighted by molar-refractivity contribution is 5.43. The summed E-state index contributed by atoms with van der Waals surface area (Å²) in [5.41, 5.74) is 14.4. The number of hydrogen-bond acceptors (Lipinski definition) is 6. The van der Waals surface area contributed by atoms with Crippen LogP contribution in [-0.4, -0.2) is 28.4 Å². The molecule has 0 saturated heterocycles. The third kappa shape index (κ3) is 3.90. The minimum absolute atomic E-state index is 0.453. The van der Waals surface area contributed by atoms with Gasteiger partial charge >= 0.3 is 0 Å². The van der Waals surface area contributed by atoms with Gasteiger partial charge in [-0.2, -0.15) is 0 Å². The van der Waals surface area contributed by atoms with E-state index in [0.29, 0.717) is 23.0 Å². The van der Waals surface area contributed by atoms with Crippen molar-refractivity contribution in [3.05, 3.63) is 47.5 Å². The molecule has 0 unspecified atom stereocenters. The van der Waals surface area contributed by atoms with Crippen LogP contribution in [0, 0.1) is 0 Å². The smallest absolute Gasteiger partial charge is 0.122 e. The lowest BCUT2D eigenvalue weighted by molar-refractivity contribution is 0.389. The fourth-order valence-corrected chi connectivity index (χ4v) is 2.46. The van der Waals surface area contributed by atoms with E-state index in [4.69, 9.17) is 30.4 Å². The topological polar surface area (TPSA) is 89.0 Å². The molecule has 0 aliphatic heterocycles. The second-order valence-electron chi connectivity index (χ2n) is 5.34. The van der Waals surface area contributed by atoms with Crippen molar-refractivity contribution in [2.45, 2.75) is 12.1 Å². The summed E-state index contributed by atoms with van der Waals surface area (Å²) in [5, 5.41) is 0. The second-order valence-corrected chi connectivity index (χ2v) is 5.34. The number of nitrogens with two attached hydrogens (primary N) is 2. The van der Waals surface area contributed by atoms with Crippen LogP contribution in [0.4, 0.5) is 0 Å². The quantitative estimate of drug-likeness (QED) is 0.809. The zero-order valence-electron chi connectivity index (χ0n) is 14.4. The number of rotatable bonds is 7. The molecule has 0 aliphatic rings. The van der Waals surface area contributed by atoms with E-state index in [1.807, 2.05) is 24.3 Å². The molecule has 0 aromatic heterocycles. The van der Waals surface area contributed by atoms with Crippen LogP contribution in [0.1, 0.15) is 23.2 Å². The van der Waals surface area contributed by atoms with Gasteiger partial charge < -0.3 is 30.4 Å². The van der Waals surface area contributed by atoms with Crippen molar-refractivity contribution >= 4 is 0 Å². The maximum Gasteiger partial charge on any atom is 0.122 e. The normalized spacial score (nSPS) is 13.1. The van der Waals surface area contributed by atoms with Gasteiger partial charge in [0.05, 0.1) is 28.4 Å². The average Bonchev–Trinajstić information content (AvgIpc) is 2.65. The van der Waals surface area contributed by atoms with E-state index in [9.17, 15) is 0 Å². The highest BCUT2D eigenvalue weighted by atomic mass is 16.5. The molecule has 0 aliphatic carbocycles. The summed E-state index contributed by atoms with van der Waals surface area (Å²) in [7, 11) is 6.38. The molecule has 0 saturated carbocycles. The summed E-state index contributed by atoms with van der Waals surface area (Å²) in [6.07, 6.45) is 0. The molecule has 0 spiro atoms. The number of ether oxygens (including phenoxy) is 4. The zero-order valence-corrected chi connectivity index (χ0v) is 14.4. The maximum absolute atomic E-state index is 6.38. The van der Waals surface area contributed by atoms with E-state index in [0.717, 1.165) is 11.1 Å². The van der Waals surface area contributed by atoms with Crippen molar-refractivity contribution in [3.8, 4) is 23.0 Å². The molecule has 2 aromatic carbocycles. The van der Waals surface area contributed by atoms with E-state index in [1.165, 1.54) is 0 Å². The first-order valence-corrected chi connectivity index (χ1v) is 7.49. The molecule has 6 heteroatoms. The Hall–Kier alpha value is -2.44. The molecule has 0 fully saturated rings. The van der Waals surface area contributed by atoms with Crippen molar-refractivity contribution in [3.63, 3.8) is 0 Å². The van der Waals surface area contributed by atoms with Crippen molar-refractivity contribution in [2.24, 2.45) is 11.5 Å². The fraction of sp³-hybridized carbons (Fsp3) is 0.333. The zero-order chi connectivity index (χ0) is 17.7. The Balaban J connectivity index is 2.37. The van der Waals surface area contributed by atoms with E-state index >= 15 is 0 Å². The molecule has 0 heterocycles. The summed E-state index contributed by atoms with van der Waals surface area (Å²) in [6, 6.07) is 10.1. The Bertz CT molecular complexity index is 587. The van der Waals surface area contributed by atoms with Gasteiger partial charge in [0.2, 0.25) is 0 Å². The number of methoxy groups -OCH3 is 4. The Kier molecular flexibility index (Phi) is 5.89. The predicted molar refractivity (Wildman–Crippen MR) is 92.9 cm³/mol. The first kappa shape index (κ1) is 17.9. The van der Waals surface area contributed by atoms with Gasteiger partial charge in [0.15, 0.2) is 0 Å². The standard InChI is InChI=1S/C18H24N2O4/c1-21-13-5-11(6-14(9-13)22-2)17(19)18(20)12-7-15(23-3)10-16(8-12)24-4/h5-10,17-18H,19-20H2,1-4H3/t17-,18-/m1/s1. The van der Waals surface area contributed by atoms with Crippen LogP contribution in [0.5, 0.6) is 23.0 Å². The van der Waals surface area contributed by atoms with Gasteiger partial charge in [0, 0.05) is 24.2 Å². The van der Waals surface area contributed by atoms with Crippen LogP contribution in [0.2, 0.25) is 0 Å². The number of hydrogen-bond donors (Lipinski definition) is 2. The largest absolute Gasteiger partial charge is 0.497 e. The molecule has 2 atom stereocenters. The maximum atomic E-state index is 6.38. The Morgan fingerprint density at radius 1 is 0.542 bits per heavy atom. The van der Waals surface area contributed by atoms with Crippen LogP contribution < -0.4 is 30.4 Å². The first-order chi connectivity index (χ1) is 11.5. The van der Waals surface area contributed by atoms with Gasteiger partial charge in [-0.05, 0) is 35.4 Å². The van der Waals surface area contributed by atoms with Crippen LogP contribution in [-0.2, 0) is 0 Å². The van der Waals surface area contributed by atoms with Crippen molar-refractivity contribution in [2.75, 3.05) is 28.4 Å². The van der Waals surface area contributed by atoms with Crippen molar-refractivity contribution in [1.82, 2.24) is 0 Å². The van der Waals surface area contributed by atoms with Crippen LogP contribution in [0.3, 0.4) is 0 Å². The molecular weight excluding hydrogens is 308 g/mol. The van der Waals surface area contributed by atoms with Crippen molar-refractivity contribution in [1.29, 1.82) is 0 Å². The molecule has 2 rings (SSSR count). The van der Waals surface area contributed by atoms with Gasteiger partial charge in [-0.3, -0.25) is 0 Å². The third-order valence-corrected chi connectivity index (χ3v) is 3.90. The summed E-state index contributed by atoms with van der Waals surface area (Å²) in [5.74, 6) is 2.65. The van der Waals surface area contributed by atoms with E-state index < -0.39 is 12.1 Å². The molecular formula is C18H24N2O4. The Labute approximate surface area is 142 Å². The molecule has 24 heavy (non-hydrogen) atoms. The van der Waals surface area contributed by atoms with Gasteiger partial charge in [0.1, 0.15) is 23.0 Å². The summed E-state index contributed by atoms with van der Waals surface area (Å²) in [6.45, 7) is 0. The van der Waals surface area contributed by atoms with E-state index in [2.05, 4.69) is 0 Å². The van der Waals surface area contributed by atoms with E-state index in [-0.39, 0.29) is 0 Å². The predicted octanol–water partition coefficient (Wildman–Crippen LogP) is 2.42. The lowest BCUT2D eigenvalue weighted by Gasteiger charge is -2.22. The van der Waals surface area contributed by atoms with E-state index in [1.54, 1.807) is 40.6 Å². The van der Waals surface area contributed by atoms with Gasteiger partial charge in [-0.25, -0.2) is 0 Å². The first-order valence-electron chi connectivity index (χ1n) is 7.49. The number of benzene rings is 2. The summed E-state index contributed by atoms with van der Waals surface area (Å²) >= 11 is 0. The molecule has 2 aromatic rings. The van der Waals surface area contributed by atoms with Gasteiger partial charge in [0.25, 0.3) is 0 Å². The molecule has 4 N–H and O–H groups in total. The molecule has 130 valence electrons. The summed E-state index contributed by atoms with van der Waals surface area (Å²) in [4.78, 5) is 0. The minimum Gasteiger partial charge on any atom is -0.497 e. The highest BCUT2D eigenvalue weighted by Crippen LogP contribution is 2.33. The minimum atomic E-state index is -0.453. The van der Waals surface area contributed by atoms with Crippen LogP contribution in [0.15, 0.2) is 36.4 Å². The molecule has 6 nitrogen and oxygen atoms in total. The van der Waals surface area contributed by atoms with Crippen molar-refractivity contribution < 1.29 is 18.9 Å². The van der Waals surface area contributed by atoms with Crippen LogP contribution in [0.25, 0.3) is 0 Å². The fourth-order valence-electron chi connectivity index (χ4n) is 2.46. The van der Waals surface area contributed by atoms with Gasteiger partial charge in [-0.1, -0.05) is 0 Å². The Morgan fingerprint density at radius 2 is 0.792 bits per heavy atom. The second kappa shape index (κ2) is 7.90. The van der Waals surface area contributed by atoms with Crippen LogP contribution >= 0.6 is 0 Å². The lowest BCUT2D eigenvalue weighted by Crippen LogP contribution is -2.26. The Morgan fingerprint density at radius 3 is 1.00 bits per heavy atom. The SMILES string of the molecule is COc1cc(OC)cc([C@@H](N)[C@H](N)c2cc(OC)cc(OC)c2)c1. The average molecular weight is 332 g/mol. The highest BCUT2D eigenvalue weighted by Gasteiger charge is 2.20. The molecule has 0 amide bonds. The lowest BCUT2D eigenvalue weighted by atomic mass is 9.94. The molecule has 0 radical (unpaired) electrons. The van der Waals surface area contributed by atoms with Gasteiger partial charge in [-0.15, -0.1) is 0 Å². The third-order valence-electron chi connectivity index (χ3n) is 3.90. The monoisotopic (exact) mass is 332 g/mol. The molecule has 0 bridgehead atoms. The summed E-state index contributed by atoms with van der Waals surface area (Å²) < 4.78 is 21.2.